The monoisotopic (exact) mass is 298 g/mol. The van der Waals surface area contributed by atoms with Crippen LogP contribution >= 0.6 is 0 Å². The van der Waals surface area contributed by atoms with Gasteiger partial charge in [-0.2, -0.15) is 5.21 Å². The van der Waals surface area contributed by atoms with Crippen molar-refractivity contribution in [3.63, 3.8) is 0 Å². The van der Waals surface area contributed by atoms with Gasteiger partial charge < -0.3 is 5.32 Å². The third-order valence-corrected chi connectivity index (χ3v) is 3.53. The lowest BCUT2D eigenvalue weighted by molar-refractivity contribution is -0.384. The van der Waals surface area contributed by atoms with E-state index in [1.807, 2.05) is 0 Å². The molecule has 0 aliphatic carbocycles. The van der Waals surface area contributed by atoms with Crippen LogP contribution in [0.15, 0.2) is 23.1 Å². The molecule has 20 heavy (non-hydrogen) atoms. The second-order valence-corrected chi connectivity index (χ2v) is 5.91. The van der Waals surface area contributed by atoms with Gasteiger partial charge in [-0.1, -0.05) is 5.21 Å². The molecule has 106 valence electrons. The van der Waals surface area contributed by atoms with Gasteiger partial charge in [0.1, 0.15) is 5.69 Å². The number of hydrogen-bond acceptors (Lipinski definition) is 8. The molecule has 0 saturated heterocycles. The Labute approximate surface area is 113 Å². The number of nitrogens with one attached hydrogen (secondary N) is 2. The molecule has 0 aliphatic rings. The summed E-state index contributed by atoms with van der Waals surface area (Å²) in [4.78, 5) is 10.2. The summed E-state index contributed by atoms with van der Waals surface area (Å²) in [5.74, 6) is 0.325. The first-order valence-electron chi connectivity index (χ1n) is 5.32. The average Bonchev–Trinajstić information content (AvgIpc) is 2.88. The van der Waals surface area contributed by atoms with E-state index in [1.54, 1.807) is 0 Å². The first-order valence-corrected chi connectivity index (χ1v) is 7.22. The summed E-state index contributed by atoms with van der Waals surface area (Å²) >= 11 is 0. The van der Waals surface area contributed by atoms with Crippen LogP contribution in [0.4, 0.5) is 11.4 Å². The van der Waals surface area contributed by atoms with Crippen molar-refractivity contribution in [3.8, 4) is 0 Å². The number of sulfone groups is 1. The van der Waals surface area contributed by atoms with Crippen molar-refractivity contribution in [1.82, 2.24) is 20.6 Å². The highest BCUT2D eigenvalue weighted by Gasteiger charge is 2.18. The minimum Gasteiger partial charge on any atom is -0.372 e. The van der Waals surface area contributed by atoms with Gasteiger partial charge >= 0.3 is 0 Å². The Kier molecular flexibility index (Phi) is 3.61. The Bertz CT molecular complexity index is 727. The number of benzene rings is 1. The Morgan fingerprint density at radius 2 is 2.20 bits per heavy atom. The molecule has 2 N–H and O–H groups in total. The predicted octanol–water partition coefficient (Wildman–Crippen LogP) is 0.123. The summed E-state index contributed by atoms with van der Waals surface area (Å²) in [5.41, 5.74) is -0.163. The molecule has 1 aromatic carbocycles. The SMILES string of the molecule is CS(=O)(=O)c1ccc(NCc2nn[nH]n2)c([N+](=O)[O-])c1. The predicted molar refractivity (Wildman–Crippen MR) is 67.7 cm³/mol. The Balaban J connectivity index is 2.31. The molecular formula is C9H10N6O4S. The van der Waals surface area contributed by atoms with Crippen LogP contribution in [0, 0.1) is 10.1 Å². The van der Waals surface area contributed by atoms with E-state index in [0.717, 1.165) is 12.3 Å². The molecule has 0 fully saturated rings. The number of hydrogen-bond donors (Lipinski definition) is 2. The molecule has 0 atom stereocenters. The summed E-state index contributed by atoms with van der Waals surface area (Å²) in [6.45, 7) is 0.121. The normalized spacial score (nSPS) is 11.2. The molecule has 2 rings (SSSR count). The second-order valence-electron chi connectivity index (χ2n) is 3.89. The summed E-state index contributed by atoms with van der Waals surface area (Å²) in [6, 6.07) is 3.63. The Morgan fingerprint density at radius 3 is 2.75 bits per heavy atom. The van der Waals surface area contributed by atoms with Gasteiger partial charge in [0.05, 0.1) is 16.4 Å². The number of tetrazole rings is 1. The first kappa shape index (κ1) is 13.9. The van der Waals surface area contributed by atoms with E-state index < -0.39 is 14.8 Å². The van der Waals surface area contributed by atoms with Crippen LogP contribution in [0.3, 0.4) is 0 Å². The van der Waals surface area contributed by atoms with Crippen molar-refractivity contribution in [3.05, 3.63) is 34.1 Å². The fourth-order valence-corrected chi connectivity index (χ4v) is 2.12. The number of anilines is 1. The number of aromatic nitrogens is 4. The molecule has 0 amide bonds. The highest BCUT2D eigenvalue weighted by molar-refractivity contribution is 7.90. The largest absolute Gasteiger partial charge is 0.372 e. The number of nitro benzene ring substituents is 1. The lowest BCUT2D eigenvalue weighted by Crippen LogP contribution is -2.06. The number of rotatable bonds is 5. The zero-order valence-electron chi connectivity index (χ0n) is 10.3. The maximum absolute atomic E-state index is 11.4. The maximum Gasteiger partial charge on any atom is 0.293 e. The van der Waals surface area contributed by atoms with Gasteiger partial charge in [0, 0.05) is 12.3 Å². The summed E-state index contributed by atoms with van der Waals surface area (Å²) < 4.78 is 22.8. The van der Waals surface area contributed by atoms with Crippen LogP contribution in [0.2, 0.25) is 0 Å². The zero-order valence-corrected chi connectivity index (χ0v) is 11.1. The summed E-state index contributed by atoms with van der Waals surface area (Å²) in [7, 11) is -3.51. The van der Waals surface area contributed by atoms with Gasteiger partial charge in [-0.25, -0.2) is 8.42 Å². The fourth-order valence-electron chi connectivity index (χ4n) is 1.47. The number of nitro groups is 1. The molecule has 10 nitrogen and oxygen atoms in total. The van der Waals surface area contributed by atoms with Crippen molar-refractivity contribution in [2.75, 3.05) is 11.6 Å². The molecule has 0 saturated carbocycles. The molecule has 2 aromatic rings. The maximum atomic E-state index is 11.4. The third-order valence-electron chi connectivity index (χ3n) is 2.42. The second kappa shape index (κ2) is 5.21. The molecule has 0 unspecified atom stereocenters. The van der Waals surface area contributed by atoms with Crippen LogP contribution in [-0.4, -0.2) is 40.2 Å². The minimum absolute atomic E-state index is 0.116. The number of aromatic amines is 1. The molecule has 1 aromatic heterocycles. The summed E-state index contributed by atoms with van der Waals surface area (Å²) in [5, 5.41) is 26.7. The third kappa shape index (κ3) is 3.06. The van der Waals surface area contributed by atoms with Crippen LogP contribution in [0.25, 0.3) is 0 Å². The molecule has 0 radical (unpaired) electrons. The van der Waals surface area contributed by atoms with Gasteiger partial charge in [-0.15, -0.1) is 10.2 Å². The van der Waals surface area contributed by atoms with E-state index in [2.05, 4.69) is 25.9 Å². The van der Waals surface area contributed by atoms with Crippen LogP contribution < -0.4 is 5.32 Å². The number of H-pyrrole nitrogens is 1. The first-order chi connectivity index (χ1) is 9.38. The van der Waals surface area contributed by atoms with Crippen LogP contribution in [0.5, 0.6) is 0 Å². The molecule has 0 bridgehead atoms. The molecule has 11 heteroatoms. The summed E-state index contributed by atoms with van der Waals surface area (Å²) in [6.07, 6.45) is 0.985. The Hall–Kier alpha value is -2.56. The zero-order chi connectivity index (χ0) is 14.8. The average molecular weight is 298 g/mol. The quantitative estimate of drug-likeness (QED) is 0.585. The van der Waals surface area contributed by atoms with Crippen LogP contribution in [-0.2, 0) is 16.4 Å². The van der Waals surface area contributed by atoms with Gasteiger partial charge in [-0.05, 0) is 12.1 Å². The van der Waals surface area contributed by atoms with E-state index in [4.69, 9.17) is 0 Å². The van der Waals surface area contributed by atoms with Crippen molar-refractivity contribution in [2.45, 2.75) is 11.4 Å². The van der Waals surface area contributed by atoms with Crippen molar-refractivity contribution in [2.24, 2.45) is 0 Å². The van der Waals surface area contributed by atoms with Crippen molar-refractivity contribution >= 4 is 21.2 Å². The van der Waals surface area contributed by atoms with E-state index in [0.29, 0.717) is 5.82 Å². The van der Waals surface area contributed by atoms with Gasteiger partial charge in [0.15, 0.2) is 15.7 Å². The molecule has 0 aliphatic heterocycles. The van der Waals surface area contributed by atoms with Gasteiger partial charge in [-0.3, -0.25) is 10.1 Å². The molecular weight excluding hydrogens is 288 g/mol. The van der Waals surface area contributed by atoms with E-state index in [9.17, 15) is 18.5 Å². The molecule has 1 heterocycles. The highest BCUT2D eigenvalue weighted by Crippen LogP contribution is 2.27. The lowest BCUT2D eigenvalue weighted by Gasteiger charge is -2.06. The standard InChI is InChI=1S/C9H10N6O4S/c1-20(18,19)6-2-3-7(8(4-6)15(16)17)10-5-9-11-13-14-12-9/h2-4,10H,5H2,1H3,(H,11,12,13,14). The topological polar surface area (TPSA) is 144 Å². The van der Waals surface area contributed by atoms with Crippen molar-refractivity contribution < 1.29 is 13.3 Å². The van der Waals surface area contributed by atoms with E-state index >= 15 is 0 Å². The van der Waals surface area contributed by atoms with Crippen molar-refractivity contribution in [1.29, 1.82) is 0 Å². The minimum atomic E-state index is -3.51. The lowest BCUT2D eigenvalue weighted by atomic mass is 10.2. The molecule has 0 spiro atoms. The van der Waals surface area contributed by atoms with E-state index in [-0.39, 0.29) is 22.8 Å². The highest BCUT2D eigenvalue weighted by atomic mass is 32.2. The number of nitrogens with zero attached hydrogens (tertiary/aromatic N) is 4. The Morgan fingerprint density at radius 1 is 1.45 bits per heavy atom. The fraction of sp³-hybridized carbons (Fsp3) is 0.222. The van der Waals surface area contributed by atoms with Crippen LogP contribution in [0.1, 0.15) is 5.82 Å². The smallest absolute Gasteiger partial charge is 0.293 e. The van der Waals surface area contributed by atoms with Gasteiger partial charge in [0.2, 0.25) is 0 Å². The van der Waals surface area contributed by atoms with Gasteiger partial charge in [0.25, 0.3) is 5.69 Å². The van der Waals surface area contributed by atoms with E-state index in [1.165, 1.54) is 12.1 Å².